The Hall–Kier alpha value is -2.86. The van der Waals surface area contributed by atoms with E-state index in [0.29, 0.717) is 36.0 Å². The Labute approximate surface area is 180 Å². The van der Waals surface area contributed by atoms with Crippen molar-refractivity contribution in [2.45, 2.75) is 33.6 Å². The van der Waals surface area contributed by atoms with Crippen LogP contribution in [0.1, 0.15) is 42.4 Å². The molecule has 0 aliphatic rings. The summed E-state index contributed by atoms with van der Waals surface area (Å²) < 4.78 is 12.8. The summed E-state index contributed by atoms with van der Waals surface area (Å²) in [6.07, 6.45) is 0.604. The second kappa shape index (κ2) is 9.30. The molecule has 1 N–H and O–H groups in total. The van der Waals surface area contributed by atoms with Gasteiger partial charge in [-0.1, -0.05) is 45.0 Å². The average molecular weight is 427 g/mol. The van der Waals surface area contributed by atoms with Crippen LogP contribution in [0.2, 0.25) is 0 Å². The summed E-state index contributed by atoms with van der Waals surface area (Å²) in [6, 6.07) is 15.2. The van der Waals surface area contributed by atoms with Crippen LogP contribution < -0.4 is 9.47 Å². The van der Waals surface area contributed by atoms with E-state index >= 15 is 0 Å². The van der Waals surface area contributed by atoms with Gasteiger partial charge in [0.05, 0.1) is 0 Å². The number of ether oxygens (including phenoxy) is 2. The average Bonchev–Trinajstić information content (AvgIpc) is 3.07. The molecule has 1 heterocycles. The maximum Gasteiger partial charge on any atom is 0.303 e. The molecule has 0 aliphatic heterocycles. The van der Waals surface area contributed by atoms with Gasteiger partial charge in [-0.3, -0.25) is 9.59 Å². The van der Waals surface area contributed by atoms with E-state index in [9.17, 15) is 9.59 Å². The van der Waals surface area contributed by atoms with Gasteiger partial charge < -0.3 is 14.6 Å². The SMILES string of the molecule is CC(C)(C)C(=O)c1sc2ccccc2c1OCCOc1ccc(CCC(=O)O)cc1. The van der Waals surface area contributed by atoms with E-state index in [4.69, 9.17) is 14.6 Å². The van der Waals surface area contributed by atoms with Crippen molar-refractivity contribution in [3.05, 3.63) is 59.0 Å². The van der Waals surface area contributed by atoms with Crippen LogP contribution in [-0.4, -0.2) is 30.1 Å². The van der Waals surface area contributed by atoms with Crippen LogP contribution in [0.25, 0.3) is 10.1 Å². The second-order valence-electron chi connectivity index (χ2n) is 8.07. The molecule has 0 fully saturated rings. The zero-order valence-corrected chi connectivity index (χ0v) is 18.3. The number of carboxylic acid groups (broad SMARTS) is 1. The number of hydrogen-bond acceptors (Lipinski definition) is 5. The molecule has 0 spiro atoms. The Kier molecular flexibility index (Phi) is 6.77. The summed E-state index contributed by atoms with van der Waals surface area (Å²) >= 11 is 1.46. The van der Waals surface area contributed by atoms with Gasteiger partial charge in [-0.15, -0.1) is 11.3 Å². The summed E-state index contributed by atoms with van der Waals surface area (Å²) in [4.78, 5) is 24.2. The van der Waals surface area contributed by atoms with E-state index in [1.54, 1.807) is 0 Å². The van der Waals surface area contributed by atoms with E-state index in [1.165, 1.54) is 11.3 Å². The molecule has 2 aromatic carbocycles. The number of aryl methyl sites for hydroxylation is 1. The predicted octanol–water partition coefficient (Wildman–Crippen LogP) is 5.61. The lowest BCUT2D eigenvalue weighted by molar-refractivity contribution is -0.136. The lowest BCUT2D eigenvalue weighted by Gasteiger charge is -2.17. The first-order valence-electron chi connectivity index (χ1n) is 9.88. The largest absolute Gasteiger partial charge is 0.490 e. The Bertz CT molecular complexity index is 1030. The summed E-state index contributed by atoms with van der Waals surface area (Å²) in [6.45, 7) is 6.37. The van der Waals surface area contributed by atoms with E-state index in [2.05, 4.69) is 0 Å². The van der Waals surface area contributed by atoms with Gasteiger partial charge >= 0.3 is 5.97 Å². The Morgan fingerprint density at radius 2 is 1.63 bits per heavy atom. The first-order valence-corrected chi connectivity index (χ1v) is 10.7. The molecule has 0 unspecified atom stereocenters. The standard InChI is InChI=1S/C24H26O5S/c1-24(2,3)23(27)22-21(18-6-4-5-7-19(18)30-22)29-15-14-28-17-11-8-16(9-12-17)10-13-20(25)26/h4-9,11-12H,10,13-15H2,1-3H3,(H,25,26). The molecular formula is C24H26O5S. The number of aliphatic carboxylic acids is 1. The van der Waals surface area contributed by atoms with Gasteiger partial charge in [-0.25, -0.2) is 0 Å². The zero-order valence-electron chi connectivity index (χ0n) is 17.4. The maximum absolute atomic E-state index is 12.9. The smallest absolute Gasteiger partial charge is 0.303 e. The first kappa shape index (κ1) is 21.8. The van der Waals surface area contributed by atoms with Crippen molar-refractivity contribution in [3.63, 3.8) is 0 Å². The number of carbonyl (C=O) groups excluding carboxylic acids is 1. The number of hydrogen-bond donors (Lipinski definition) is 1. The van der Waals surface area contributed by atoms with Crippen LogP contribution in [0.15, 0.2) is 48.5 Å². The van der Waals surface area contributed by atoms with Crippen LogP contribution in [0, 0.1) is 5.41 Å². The van der Waals surface area contributed by atoms with Crippen LogP contribution in [0.4, 0.5) is 0 Å². The molecule has 158 valence electrons. The van der Waals surface area contributed by atoms with Crippen LogP contribution in [0.3, 0.4) is 0 Å². The minimum atomic E-state index is -0.808. The topological polar surface area (TPSA) is 72.8 Å². The number of thiophene rings is 1. The number of ketones is 1. The second-order valence-corrected chi connectivity index (χ2v) is 9.12. The molecule has 1 aromatic heterocycles. The minimum absolute atomic E-state index is 0.0663. The molecule has 0 saturated carbocycles. The highest BCUT2D eigenvalue weighted by molar-refractivity contribution is 7.21. The molecule has 5 nitrogen and oxygen atoms in total. The Balaban J connectivity index is 1.63. The van der Waals surface area contributed by atoms with Gasteiger partial charge in [0.2, 0.25) is 0 Å². The van der Waals surface area contributed by atoms with E-state index in [1.807, 2.05) is 69.3 Å². The molecule has 6 heteroatoms. The number of fused-ring (bicyclic) bond motifs is 1. The molecule has 3 aromatic rings. The molecular weight excluding hydrogens is 400 g/mol. The highest BCUT2D eigenvalue weighted by atomic mass is 32.1. The lowest BCUT2D eigenvalue weighted by atomic mass is 9.89. The fourth-order valence-corrected chi connectivity index (χ4v) is 4.26. The van der Waals surface area contributed by atoms with Crippen molar-refractivity contribution in [2.75, 3.05) is 13.2 Å². The van der Waals surface area contributed by atoms with E-state index < -0.39 is 11.4 Å². The van der Waals surface area contributed by atoms with Crippen LogP contribution in [0.5, 0.6) is 11.5 Å². The van der Waals surface area contributed by atoms with Crippen molar-refractivity contribution in [2.24, 2.45) is 5.41 Å². The molecule has 30 heavy (non-hydrogen) atoms. The Morgan fingerprint density at radius 1 is 0.967 bits per heavy atom. The molecule has 0 aliphatic carbocycles. The van der Waals surface area contributed by atoms with Gasteiger partial charge in [0.15, 0.2) is 5.78 Å². The zero-order chi connectivity index (χ0) is 21.7. The number of carbonyl (C=O) groups is 2. The fraction of sp³-hybridized carbons (Fsp3) is 0.333. The highest BCUT2D eigenvalue weighted by Crippen LogP contribution is 2.40. The van der Waals surface area contributed by atoms with E-state index in [-0.39, 0.29) is 12.2 Å². The summed E-state index contributed by atoms with van der Waals surface area (Å²) in [5, 5.41) is 9.70. The quantitative estimate of drug-likeness (QED) is 0.356. The van der Waals surface area contributed by atoms with Crippen molar-refractivity contribution in [1.82, 2.24) is 0 Å². The fourth-order valence-electron chi connectivity index (χ4n) is 2.96. The monoisotopic (exact) mass is 426 g/mol. The summed E-state index contributed by atoms with van der Waals surface area (Å²) in [7, 11) is 0. The van der Waals surface area contributed by atoms with Crippen molar-refractivity contribution in [3.8, 4) is 11.5 Å². The molecule has 0 bridgehead atoms. The highest BCUT2D eigenvalue weighted by Gasteiger charge is 2.29. The van der Waals surface area contributed by atoms with Gasteiger partial charge in [0.25, 0.3) is 0 Å². The number of rotatable bonds is 9. The third-order valence-electron chi connectivity index (χ3n) is 4.59. The lowest BCUT2D eigenvalue weighted by Crippen LogP contribution is -2.20. The number of Topliss-reactive ketones (excluding diaryl/α,β-unsaturated/α-hetero) is 1. The molecule has 0 atom stereocenters. The van der Waals surface area contributed by atoms with Gasteiger partial charge in [-0.05, 0) is 36.2 Å². The summed E-state index contributed by atoms with van der Waals surface area (Å²) in [5.74, 6) is 0.580. The van der Waals surface area contributed by atoms with Gasteiger partial charge in [-0.2, -0.15) is 0 Å². The van der Waals surface area contributed by atoms with Crippen molar-refractivity contribution >= 4 is 33.2 Å². The third kappa shape index (κ3) is 5.39. The Morgan fingerprint density at radius 3 is 2.30 bits per heavy atom. The number of benzene rings is 2. The van der Waals surface area contributed by atoms with Crippen LogP contribution in [-0.2, 0) is 11.2 Å². The van der Waals surface area contributed by atoms with E-state index in [0.717, 1.165) is 15.6 Å². The number of carboxylic acids is 1. The molecule has 0 saturated heterocycles. The first-order chi connectivity index (χ1) is 14.3. The van der Waals surface area contributed by atoms with Crippen molar-refractivity contribution in [1.29, 1.82) is 0 Å². The van der Waals surface area contributed by atoms with Gasteiger partial charge in [0.1, 0.15) is 29.6 Å². The van der Waals surface area contributed by atoms with Crippen molar-refractivity contribution < 1.29 is 24.2 Å². The molecule has 0 radical (unpaired) electrons. The molecule has 0 amide bonds. The minimum Gasteiger partial charge on any atom is -0.490 e. The third-order valence-corrected chi connectivity index (χ3v) is 5.74. The predicted molar refractivity (Wildman–Crippen MR) is 119 cm³/mol. The van der Waals surface area contributed by atoms with Crippen LogP contribution >= 0.6 is 11.3 Å². The molecule has 3 rings (SSSR count). The van der Waals surface area contributed by atoms with Gasteiger partial charge in [0, 0.05) is 21.9 Å². The maximum atomic E-state index is 12.9. The summed E-state index contributed by atoms with van der Waals surface area (Å²) in [5.41, 5.74) is 0.466. The normalized spacial score (nSPS) is 11.4.